The van der Waals surface area contributed by atoms with Crippen LogP contribution in [0.3, 0.4) is 0 Å². The summed E-state index contributed by atoms with van der Waals surface area (Å²) in [5, 5.41) is 38.8. The van der Waals surface area contributed by atoms with Gasteiger partial charge in [0.2, 0.25) is 17.7 Å². The second kappa shape index (κ2) is 38.2. The van der Waals surface area contributed by atoms with Crippen LogP contribution in [0.2, 0.25) is 15.2 Å². The van der Waals surface area contributed by atoms with Crippen LogP contribution in [0.1, 0.15) is 110 Å². The van der Waals surface area contributed by atoms with Gasteiger partial charge in [-0.15, -0.1) is 0 Å². The number of alkyl halides is 3. The van der Waals surface area contributed by atoms with Gasteiger partial charge in [-0.05, 0) is 168 Å². The summed E-state index contributed by atoms with van der Waals surface area (Å²) in [7, 11) is -0.556. The first-order chi connectivity index (χ1) is 51.9. The largest absolute Gasteiger partial charge is 0.495 e. The zero-order valence-electron chi connectivity index (χ0n) is 63.1. The number of carbonyl (C=O) groups is 5. The average molecular weight is 1580 g/mol. The highest BCUT2D eigenvalue weighted by atomic mass is 35.5. The SMILES string of the molecule is CC[C@@H]1CCN(C(=O)Nc2ccc(C)c(-c3cc(N4CCOCC4)nc(N4CC(O)CCC4=O)c3)c2)C1.Cc1ccc(NC(=O)N2CC[C@@H](CC(F)(F)F)C2)cc1B1OC(C)(C)C(C)(C)O1.Clc1cc(Cl)nc(N2CCOCC2)c1.O=C1CCC(O)CN1.O=C1CCC(O)CN1c1cc(Cl)cc(N2CCOCC2)n1. The van der Waals surface area contributed by atoms with Crippen molar-refractivity contribution in [3.63, 3.8) is 0 Å². The van der Waals surface area contributed by atoms with E-state index in [0.717, 1.165) is 129 Å². The molecule has 9 saturated heterocycles. The van der Waals surface area contributed by atoms with Gasteiger partial charge in [0, 0.05) is 119 Å². The molecule has 26 nitrogen and oxygen atoms in total. The van der Waals surface area contributed by atoms with Gasteiger partial charge in [0.05, 0.1) is 82.2 Å². The molecule has 3 aromatic heterocycles. The molecule has 109 heavy (non-hydrogen) atoms. The van der Waals surface area contributed by atoms with E-state index in [1.807, 2.05) is 88.9 Å². The molecule has 12 heterocycles. The quantitative estimate of drug-likeness (QED) is 0.0529. The predicted octanol–water partition coefficient (Wildman–Crippen LogP) is 10.3. The van der Waals surface area contributed by atoms with E-state index >= 15 is 0 Å². The number of halogens is 6. The minimum Gasteiger partial charge on any atom is -0.399 e. The highest BCUT2D eigenvalue weighted by Crippen LogP contribution is 2.39. The van der Waals surface area contributed by atoms with Crippen LogP contribution in [0.25, 0.3) is 11.1 Å². The molecule has 9 fully saturated rings. The van der Waals surface area contributed by atoms with Gasteiger partial charge in [-0.3, -0.25) is 24.2 Å². The van der Waals surface area contributed by atoms with Crippen molar-refractivity contribution in [1.82, 2.24) is 30.1 Å². The van der Waals surface area contributed by atoms with E-state index < -0.39 is 55.1 Å². The standard InChI is InChI=1S/C28H37N5O4.C20H28BF3N2O3.C14H18ClN3O3.C9H10Cl2N2O.C5H9NO2/c1-3-20-8-9-32(17-20)28(36)29-22-5-4-19(2)24(16-22)21-14-25(31-10-12-37-13-11-31)30-26(15-21)33-18-23(34)6-7-27(33)35;1-13-6-7-15(10-16(13)21-28-18(2,3)19(4,5)29-21)25-17(27)26-9-8-14(12-26)11-20(22,23)24;15-10-7-12(17-3-5-21-6-4-17)16-13(8-10)18-9-11(19)1-2-14(18)20;10-7-5-8(11)12-9(6-7)13-1-3-14-4-2-13;7-4-1-2-5(8)6-3-4/h4-5,14-16,20,23,34H,3,6-13,17-18H2,1-2H3,(H,29,36);6-7,10,14H,8-9,11-12H2,1-5H3,(H,25,27);7-8,11,19H,1-6,9H2;5-6H,1-4H2;4,7H,1-3H2,(H,6,8)/t20-,23?;14-;;;/m10.../s1. The van der Waals surface area contributed by atoms with E-state index in [0.29, 0.717) is 123 Å². The number of rotatable bonds is 11. The first-order valence-corrected chi connectivity index (χ1v) is 38.7. The minimum absolute atomic E-state index is 0.0250. The Balaban J connectivity index is 0.000000156. The summed E-state index contributed by atoms with van der Waals surface area (Å²) >= 11 is 17.9. The second-order valence-electron chi connectivity index (χ2n) is 29.7. The molecule has 0 aliphatic carbocycles. The van der Waals surface area contributed by atoms with Gasteiger partial charge in [0.15, 0.2) is 0 Å². The highest BCUT2D eigenvalue weighted by Gasteiger charge is 2.52. The van der Waals surface area contributed by atoms with Crippen LogP contribution in [0.4, 0.5) is 63.2 Å². The number of benzene rings is 2. The Kier molecular flexibility index (Phi) is 29.5. The van der Waals surface area contributed by atoms with E-state index in [4.69, 9.17) is 68.4 Å². The summed E-state index contributed by atoms with van der Waals surface area (Å²) in [4.78, 5) is 87.0. The smallest absolute Gasteiger partial charge is 0.399 e. The third-order valence-corrected chi connectivity index (χ3v) is 21.6. The van der Waals surface area contributed by atoms with Crippen molar-refractivity contribution in [1.29, 1.82) is 0 Å². The number of piperidine rings is 3. The number of morpholine rings is 3. The lowest BCUT2D eigenvalue weighted by Crippen LogP contribution is -2.43. The number of urea groups is 2. The van der Waals surface area contributed by atoms with Crippen molar-refractivity contribution in [2.45, 2.75) is 148 Å². The first kappa shape index (κ1) is 84.1. The van der Waals surface area contributed by atoms with E-state index in [-0.39, 0.29) is 49.5 Å². The van der Waals surface area contributed by atoms with Crippen molar-refractivity contribution >= 4 is 118 Å². The number of nitrogens with zero attached hydrogens (tertiary/aromatic N) is 10. The van der Waals surface area contributed by atoms with Crippen LogP contribution in [-0.2, 0) is 37.9 Å². The van der Waals surface area contributed by atoms with Crippen LogP contribution >= 0.6 is 34.8 Å². The second-order valence-corrected chi connectivity index (χ2v) is 31.0. The average Bonchev–Trinajstić information content (AvgIpc) is 1.69. The zero-order valence-corrected chi connectivity index (χ0v) is 65.3. The van der Waals surface area contributed by atoms with Gasteiger partial charge < -0.3 is 79.3 Å². The fraction of sp³-hybridized carbons (Fsp3) is 0.579. The van der Waals surface area contributed by atoms with Gasteiger partial charge in [0.25, 0.3) is 0 Å². The Morgan fingerprint density at radius 1 is 0.560 bits per heavy atom. The molecule has 2 aromatic carbocycles. The number of carbonyl (C=O) groups excluding carboxylic acids is 5. The number of nitrogens with one attached hydrogen (secondary N) is 3. The molecule has 0 radical (unpaired) electrons. The van der Waals surface area contributed by atoms with Crippen molar-refractivity contribution in [2.75, 3.05) is 160 Å². The number of hydrogen-bond donors (Lipinski definition) is 6. The molecule has 9 aliphatic rings. The maximum absolute atomic E-state index is 12.9. The molecule has 0 bridgehead atoms. The van der Waals surface area contributed by atoms with Crippen LogP contribution in [-0.4, -0.2) is 237 Å². The maximum atomic E-state index is 12.9. The fourth-order valence-corrected chi connectivity index (χ4v) is 14.4. The van der Waals surface area contributed by atoms with Crippen LogP contribution in [0.5, 0.6) is 0 Å². The number of aromatic nitrogens is 3. The van der Waals surface area contributed by atoms with Gasteiger partial charge in [-0.1, -0.05) is 65.8 Å². The molecular formula is C76H102BCl3F3N13O13. The topological polar surface area (TPSA) is 290 Å². The number of aliphatic hydroxyl groups excluding tert-OH is 3. The van der Waals surface area contributed by atoms with Crippen LogP contribution in [0, 0.1) is 25.7 Å². The molecule has 5 atom stereocenters. The molecule has 5 aromatic rings. The predicted molar refractivity (Wildman–Crippen MR) is 416 cm³/mol. The highest BCUT2D eigenvalue weighted by molar-refractivity contribution is 6.62. The number of pyridine rings is 3. The summed E-state index contributed by atoms with van der Waals surface area (Å²) in [5.74, 6) is 3.42. The zero-order chi connectivity index (χ0) is 78.3. The van der Waals surface area contributed by atoms with Gasteiger partial charge >= 0.3 is 25.4 Å². The number of anilines is 7. The van der Waals surface area contributed by atoms with Crippen molar-refractivity contribution in [3.8, 4) is 11.1 Å². The Morgan fingerprint density at radius 2 is 1.00 bits per heavy atom. The van der Waals surface area contributed by atoms with Crippen molar-refractivity contribution in [3.05, 3.63) is 99.1 Å². The number of hydrogen-bond acceptors (Lipinski definition) is 19. The molecule has 7 amide bonds. The lowest BCUT2D eigenvalue weighted by Gasteiger charge is -2.32. The molecule has 33 heteroatoms. The fourth-order valence-electron chi connectivity index (χ4n) is 13.8. The Morgan fingerprint density at radius 3 is 1.48 bits per heavy atom. The van der Waals surface area contributed by atoms with E-state index in [9.17, 15) is 47.4 Å². The van der Waals surface area contributed by atoms with Crippen molar-refractivity contribution < 1.29 is 76.0 Å². The van der Waals surface area contributed by atoms with Crippen molar-refractivity contribution in [2.24, 2.45) is 11.8 Å². The number of β-amino-alcohol motifs (C(OH)–C–C–N with tert-alkyl or cyclic N) is 3. The minimum atomic E-state index is -4.20. The third kappa shape index (κ3) is 23.8. The van der Waals surface area contributed by atoms with Crippen LogP contribution < -0.4 is 45.9 Å². The summed E-state index contributed by atoms with van der Waals surface area (Å²) in [5.41, 5.74) is 5.06. The normalized spacial score (nSPS) is 22.8. The summed E-state index contributed by atoms with van der Waals surface area (Å²) < 4.78 is 66.0. The van der Waals surface area contributed by atoms with E-state index in [1.165, 1.54) is 9.80 Å². The number of aryl methyl sites for hydroxylation is 2. The number of ether oxygens (including phenoxy) is 3. The molecule has 0 saturated carbocycles. The Hall–Kier alpha value is -7.36. The molecule has 14 rings (SSSR count). The molecular weight excluding hydrogens is 1480 g/mol. The van der Waals surface area contributed by atoms with E-state index in [1.54, 1.807) is 35.2 Å². The summed E-state index contributed by atoms with van der Waals surface area (Å²) in [6.07, 6.45) is -1.22. The summed E-state index contributed by atoms with van der Waals surface area (Å²) in [6.45, 7) is 25.6. The first-order valence-electron chi connectivity index (χ1n) is 37.5. The lowest BCUT2D eigenvalue weighted by atomic mass is 9.76. The number of aliphatic hydroxyl groups is 3. The van der Waals surface area contributed by atoms with Gasteiger partial charge in [-0.25, -0.2) is 24.5 Å². The molecule has 3 unspecified atom stereocenters. The van der Waals surface area contributed by atoms with Gasteiger partial charge in [0.1, 0.15) is 34.2 Å². The lowest BCUT2D eigenvalue weighted by molar-refractivity contribution is -0.143. The van der Waals surface area contributed by atoms with Gasteiger partial charge in [-0.2, -0.15) is 13.2 Å². The van der Waals surface area contributed by atoms with E-state index in [2.05, 4.69) is 47.5 Å². The molecule has 6 N–H and O–H groups in total. The number of likely N-dealkylation sites (tertiary alicyclic amines) is 2. The summed E-state index contributed by atoms with van der Waals surface area (Å²) in [6, 6.07) is 21.8. The molecule has 9 aliphatic heterocycles. The Labute approximate surface area is 650 Å². The molecule has 594 valence electrons. The van der Waals surface area contributed by atoms with Crippen LogP contribution in [0.15, 0.2) is 72.8 Å². The molecule has 0 spiro atoms. The Bertz CT molecular complexity index is 3910. The third-order valence-electron chi connectivity index (χ3n) is 21.0. The monoisotopic (exact) mass is 1580 g/mol. The maximum Gasteiger partial charge on any atom is 0.495 e. The number of amides is 7.